The molecule has 22 heavy (non-hydrogen) atoms. The predicted octanol–water partition coefficient (Wildman–Crippen LogP) is 1.56. The Labute approximate surface area is 132 Å². The third-order valence-corrected chi connectivity index (χ3v) is 4.62. The number of likely N-dealkylation sites (tertiary alicyclic amines) is 2. The van der Waals surface area contributed by atoms with Gasteiger partial charge in [0.2, 0.25) is 5.91 Å². The molecule has 0 radical (unpaired) electrons. The van der Waals surface area contributed by atoms with Gasteiger partial charge in [0.1, 0.15) is 0 Å². The first-order chi connectivity index (χ1) is 10.4. The van der Waals surface area contributed by atoms with Crippen molar-refractivity contribution in [1.29, 1.82) is 0 Å². The Morgan fingerprint density at radius 3 is 2.77 bits per heavy atom. The van der Waals surface area contributed by atoms with Gasteiger partial charge >= 0.3 is 0 Å². The van der Waals surface area contributed by atoms with Gasteiger partial charge in [-0.15, -0.1) is 5.10 Å². The highest BCUT2D eigenvalue weighted by Crippen LogP contribution is 2.28. The number of carbonyl (C=O) groups excluding carboxylic acids is 1. The normalized spacial score (nSPS) is 27.6. The molecule has 2 saturated heterocycles. The Hall–Kier alpha value is -1.43. The van der Waals surface area contributed by atoms with E-state index in [9.17, 15) is 4.79 Å². The Kier molecular flexibility index (Phi) is 4.21. The summed E-state index contributed by atoms with van der Waals surface area (Å²) in [6, 6.07) is 0.415. The van der Waals surface area contributed by atoms with E-state index in [4.69, 9.17) is 0 Å². The van der Waals surface area contributed by atoms with Gasteiger partial charge in [0.05, 0.1) is 18.3 Å². The van der Waals surface area contributed by atoms with E-state index in [2.05, 4.69) is 40.9 Å². The fourth-order valence-corrected chi connectivity index (χ4v) is 3.67. The van der Waals surface area contributed by atoms with Crippen LogP contribution in [0.25, 0.3) is 0 Å². The molecule has 0 bridgehead atoms. The number of rotatable bonds is 3. The van der Waals surface area contributed by atoms with E-state index in [1.54, 1.807) is 6.20 Å². The highest BCUT2D eigenvalue weighted by atomic mass is 16.2. The zero-order chi connectivity index (χ0) is 15.7. The molecule has 2 aliphatic heterocycles. The van der Waals surface area contributed by atoms with Crippen molar-refractivity contribution < 1.29 is 4.79 Å². The molecule has 1 aromatic rings. The molecule has 2 fully saturated rings. The van der Waals surface area contributed by atoms with E-state index in [1.165, 1.54) is 0 Å². The van der Waals surface area contributed by atoms with E-state index in [0.29, 0.717) is 11.9 Å². The lowest BCUT2D eigenvalue weighted by Gasteiger charge is -2.39. The smallest absolute Gasteiger partial charge is 0.239 e. The second-order valence-electron chi connectivity index (χ2n) is 7.80. The molecule has 3 rings (SSSR count). The minimum atomic E-state index is 0.0598. The molecule has 2 aliphatic rings. The third-order valence-electron chi connectivity index (χ3n) is 4.62. The van der Waals surface area contributed by atoms with Crippen LogP contribution >= 0.6 is 0 Å². The van der Waals surface area contributed by atoms with Crippen LogP contribution in [0.2, 0.25) is 0 Å². The highest BCUT2D eigenvalue weighted by molar-refractivity contribution is 5.82. The number of aromatic nitrogens is 3. The molecule has 0 unspecified atom stereocenters. The molecular weight excluding hydrogens is 278 g/mol. The molecule has 0 aliphatic carbocycles. The van der Waals surface area contributed by atoms with Crippen molar-refractivity contribution in [2.75, 3.05) is 26.2 Å². The molecule has 3 heterocycles. The monoisotopic (exact) mass is 305 g/mol. The van der Waals surface area contributed by atoms with Crippen LogP contribution in [0.4, 0.5) is 0 Å². The van der Waals surface area contributed by atoms with Gasteiger partial charge in [0, 0.05) is 32.4 Å². The average Bonchev–Trinajstić information content (AvgIpc) is 3.09. The van der Waals surface area contributed by atoms with E-state index in [0.717, 1.165) is 45.4 Å². The summed E-state index contributed by atoms with van der Waals surface area (Å²) in [5, 5.41) is 8.00. The standard InChI is InChI=1S/C16H27N5O/c1-16(2,3)12-20-8-4-5-14(15(20)22)19-9-6-13(11-19)21-10-7-17-18-21/h7,10,13-14H,4-6,8-9,11-12H2,1-3H3/t13-,14-/m0/s1. The van der Waals surface area contributed by atoms with Crippen LogP contribution in [0.3, 0.4) is 0 Å². The molecule has 0 N–H and O–H groups in total. The minimum absolute atomic E-state index is 0.0598. The van der Waals surface area contributed by atoms with Crippen LogP contribution in [-0.2, 0) is 4.79 Å². The van der Waals surface area contributed by atoms with Crippen molar-refractivity contribution in [3.05, 3.63) is 12.4 Å². The number of nitrogens with zero attached hydrogens (tertiary/aromatic N) is 5. The van der Waals surface area contributed by atoms with Gasteiger partial charge in [-0.2, -0.15) is 0 Å². The molecule has 1 aromatic heterocycles. The van der Waals surface area contributed by atoms with E-state index in [1.807, 2.05) is 10.9 Å². The van der Waals surface area contributed by atoms with Gasteiger partial charge in [-0.05, 0) is 24.7 Å². The highest BCUT2D eigenvalue weighted by Gasteiger charge is 2.38. The Morgan fingerprint density at radius 2 is 2.09 bits per heavy atom. The quantitative estimate of drug-likeness (QED) is 0.850. The van der Waals surface area contributed by atoms with Crippen molar-refractivity contribution in [1.82, 2.24) is 24.8 Å². The van der Waals surface area contributed by atoms with Crippen LogP contribution in [0, 0.1) is 5.41 Å². The summed E-state index contributed by atoms with van der Waals surface area (Å²) in [4.78, 5) is 17.3. The number of hydrogen-bond donors (Lipinski definition) is 0. The van der Waals surface area contributed by atoms with Crippen LogP contribution in [0.1, 0.15) is 46.1 Å². The van der Waals surface area contributed by atoms with Crippen molar-refractivity contribution >= 4 is 5.91 Å². The van der Waals surface area contributed by atoms with Crippen LogP contribution in [-0.4, -0.2) is 62.9 Å². The Balaban J connectivity index is 1.63. The minimum Gasteiger partial charge on any atom is -0.341 e. The molecule has 0 spiro atoms. The van der Waals surface area contributed by atoms with Gasteiger partial charge in [-0.3, -0.25) is 9.69 Å². The molecule has 0 aromatic carbocycles. The third kappa shape index (κ3) is 3.32. The first-order valence-corrected chi connectivity index (χ1v) is 8.33. The fraction of sp³-hybridized carbons (Fsp3) is 0.812. The second kappa shape index (κ2) is 5.99. The predicted molar refractivity (Wildman–Crippen MR) is 84.3 cm³/mol. The van der Waals surface area contributed by atoms with Gasteiger partial charge in [-0.25, -0.2) is 4.68 Å². The maximum atomic E-state index is 12.8. The maximum absolute atomic E-state index is 12.8. The summed E-state index contributed by atoms with van der Waals surface area (Å²) in [7, 11) is 0. The zero-order valence-corrected chi connectivity index (χ0v) is 13.9. The number of carbonyl (C=O) groups is 1. The number of piperidine rings is 1. The lowest BCUT2D eigenvalue weighted by molar-refractivity contribution is -0.141. The summed E-state index contributed by atoms with van der Waals surface area (Å²) in [6.07, 6.45) is 6.79. The maximum Gasteiger partial charge on any atom is 0.239 e. The van der Waals surface area contributed by atoms with Crippen molar-refractivity contribution in [2.24, 2.45) is 5.41 Å². The summed E-state index contributed by atoms with van der Waals surface area (Å²) in [5.41, 5.74) is 0.159. The molecule has 6 heteroatoms. The van der Waals surface area contributed by atoms with Crippen LogP contribution in [0.15, 0.2) is 12.4 Å². The number of hydrogen-bond acceptors (Lipinski definition) is 4. The van der Waals surface area contributed by atoms with Gasteiger partial charge in [0.15, 0.2) is 0 Å². The summed E-state index contributed by atoms with van der Waals surface area (Å²) >= 11 is 0. The first kappa shape index (κ1) is 15.5. The van der Waals surface area contributed by atoms with E-state index in [-0.39, 0.29) is 11.5 Å². The van der Waals surface area contributed by atoms with Crippen molar-refractivity contribution in [3.8, 4) is 0 Å². The van der Waals surface area contributed by atoms with E-state index >= 15 is 0 Å². The van der Waals surface area contributed by atoms with E-state index < -0.39 is 0 Å². The fourth-order valence-electron chi connectivity index (χ4n) is 3.67. The number of amides is 1. The molecule has 6 nitrogen and oxygen atoms in total. The van der Waals surface area contributed by atoms with Gasteiger partial charge in [0.25, 0.3) is 0 Å². The average molecular weight is 305 g/mol. The lowest BCUT2D eigenvalue weighted by atomic mass is 9.93. The molecule has 122 valence electrons. The summed E-state index contributed by atoms with van der Waals surface area (Å²) in [5.74, 6) is 0.320. The molecule has 1 amide bonds. The molecule has 2 atom stereocenters. The summed E-state index contributed by atoms with van der Waals surface area (Å²) in [6.45, 7) is 10.2. The van der Waals surface area contributed by atoms with Crippen LogP contribution < -0.4 is 0 Å². The first-order valence-electron chi connectivity index (χ1n) is 8.33. The summed E-state index contributed by atoms with van der Waals surface area (Å²) < 4.78 is 1.93. The van der Waals surface area contributed by atoms with Gasteiger partial charge in [-0.1, -0.05) is 26.0 Å². The Morgan fingerprint density at radius 1 is 1.27 bits per heavy atom. The second-order valence-corrected chi connectivity index (χ2v) is 7.80. The zero-order valence-electron chi connectivity index (χ0n) is 13.9. The van der Waals surface area contributed by atoms with Crippen molar-refractivity contribution in [3.63, 3.8) is 0 Å². The molecular formula is C16H27N5O. The van der Waals surface area contributed by atoms with Crippen molar-refractivity contribution in [2.45, 2.75) is 52.1 Å². The SMILES string of the molecule is CC(C)(C)CN1CCC[C@H](N2CC[C@H](n3ccnn3)C2)C1=O. The Bertz CT molecular complexity index is 507. The van der Waals surface area contributed by atoms with Crippen LogP contribution in [0.5, 0.6) is 0 Å². The molecule has 0 saturated carbocycles. The van der Waals surface area contributed by atoms with Gasteiger partial charge < -0.3 is 4.90 Å². The topological polar surface area (TPSA) is 54.3 Å². The lowest BCUT2D eigenvalue weighted by Crippen LogP contribution is -2.53. The largest absolute Gasteiger partial charge is 0.341 e.